The van der Waals surface area contributed by atoms with E-state index < -0.39 is 6.23 Å². The Hall–Kier alpha value is -3.27. The molecule has 1 aliphatic heterocycles. The van der Waals surface area contributed by atoms with E-state index in [0.29, 0.717) is 17.9 Å². The van der Waals surface area contributed by atoms with Gasteiger partial charge >= 0.3 is 0 Å². The molecule has 1 heterocycles. The van der Waals surface area contributed by atoms with Crippen molar-refractivity contribution in [2.45, 2.75) is 12.8 Å². The van der Waals surface area contributed by atoms with E-state index in [1.54, 1.807) is 12.1 Å². The monoisotopic (exact) mass is 331 g/mol. The molecule has 4 rings (SSSR count). The van der Waals surface area contributed by atoms with Gasteiger partial charge in [-0.2, -0.15) is 0 Å². The van der Waals surface area contributed by atoms with Crippen LogP contribution in [0.1, 0.15) is 27.7 Å². The van der Waals surface area contributed by atoms with Gasteiger partial charge in [0.1, 0.15) is 18.1 Å². The fraction of sp³-hybridized carbons (Fsp3) is 0.0952. The van der Waals surface area contributed by atoms with Gasteiger partial charge in [-0.15, -0.1) is 0 Å². The molecule has 0 aromatic heterocycles. The van der Waals surface area contributed by atoms with Crippen LogP contribution in [0.4, 0.5) is 0 Å². The van der Waals surface area contributed by atoms with Crippen molar-refractivity contribution in [3.63, 3.8) is 0 Å². The van der Waals surface area contributed by atoms with Crippen molar-refractivity contribution in [3.8, 4) is 11.5 Å². The minimum Gasteiger partial charge on any atom is -0.489 e. The van der Waals surface area contributed by atoms with Crippen LogP contribution in [0.25, 0.3) is 0 Å². The molecule has 124 valence electrons. The lowest BCUT2D eigenvalue weighted by atomic mass is 10.1. The molecule has 4 nitrogen and oxygen atoms in total. The van der Waals surface area contributed by atoms with Crippen molar-refractivity contribution in [2.75, 3.05) is 0 Å². The first kappa shape index (κ1) is 15.3. The standard InChI is InChI=1S/C21H17NO3/c23-20-18-11-4-5-12-19(18)25-21(22-20)16-9-6-10-17(13-16)24-14-15-7-2-1-3-8-15/h1-13,21H,14H2,(H,22,23). The van der Waals surface area contributed by atoms with E-state index in [-0.39, 0.29) is 5.91 Å². The van der Waals surface area contributed by atoms with Gasteiger partial charge in [0, 0.05) is 5.56 Å². The van der Waals surface area contributed by atoms with Gasteiger partial charge < -0.3 is 14.8 Å². The summed E-state index contributed by atoms with van der Waals surface area (Å²) in [5.74, 6) is 1.19. The predicted octanol–water partition coefficient (Wildman–Crippen LogP) is 4.09. The number of para-hydroxylation sites is 1. The van der Waals surface area contributed by atoms with Crippen molar-refractivity contribution in [1.29, 1.82) is 0 Å². The number of carbonyl (C=O) groups excluding carboxylic acids is 1. The Bertz CT molecular complexity index is 892. The molecule has 0 bridgehead atoms. The molecule has 1 aliphatic rings. The average molecular weight is 331 g/mol. The zero-order valence-electron chi connectivity index (χ0n) is 13.5. The first-order valence-corrected chi connectivity index (χ1v) is 8.13. The van der Waals surface area contributed by atoms with Gasteiger partial charge in [-0.05, 0) is 29.8 Å². The largest absolute Gasteiger partial charge is 0.489 e. The highest BCUT2D eigenvalue weighted by Gasteiger charge is 2.26. The van der Waals surface area contributed by atoms with E-state index in [2.05, 4.69) is 5.32 Å². The minimum absolute atomic E-state index is 0.137. The summed E-state index contributed by atoms with van der Waals surface area (Å²) in [6.07, 6.45) is -0.525. The maximum Gasteiger partial charge on any atom is 0.258 e. The first-order valence-electron chi connectivity index (χ1n) is 8.13. The van der Waals surface area contributed by atoms with Gasteiger partial charge in [-0.3, -0.25) is 4.79 Å². The highest BCUT2D eigenvalue weighted by molar-refractivity contribution is 5.97. The number of benzene rings is 3. The maximum atomic E-state index is 12.2. The fourth-order valence-corrected chi connectivity index (χ4v) is 2.77. The summed E-state index contributed by atoms with van der Waals surface area (Å²) in [4.78, 5) is 12.2. The van der Waals surface area contributed by atoms with Crippen LogP contribution in [0.2, 0.25) is 0 Å². The molecule has 0 saturated carbocycles. The van der Waals surface area contributed by atoms with Crippen molar-refractivity contribution in [2.24, 2.45) is 0 Å². The summed E-state index contributed by atoms with van der Waals surface area (Å²) in [5.41, 5.74) is 2.49. The molecule has 3 aromatic carbocycles. The maximum absolute atomic E-state index is 12.2. The third-order valence-corrected chi connectivity index (χ3v) is 4.05. The summed E-state index contributed by atoms with van der Waals surface area (Å²) in [7, 11) is 0. The van der Waals surface area contributed by atoms with Crippen LogP contribution in [0.5, 0.6) is 11.5 Å². The van der Waals surface area contributed by atoms with Crippen molar-refractivity contribution in [3.05, 3.63) is 95.6 Å². The van der Waals surface area contributed by atoms with E-state index in [1.165, 1.54) is 0 Å². The number of fused-ring (bicyclic) bond motifs is 1. The Morgan fingerprint density at radius 2 is 1.72 bits per heavy atom. The van der Waals surface area contributed by atoms with Crippen molar-refractivity contribution >= 4 is 5.91 Å². The van der Waals surface area contributed by atoms with Gasteiger partial charge in [-0.25, -0.2) is 0 Å². The van der Waals surface area contributed by atoms with Crippen LogP contribution in [0.15, 0.2) is 78.9 Å². The third kappa shape index (κ3) is 3.33. The van der Waals surface area contributed by atoms with Gasteiger partial charge in [0.15, 0.2) is 6.23 Å². The molecule has 1 atom stereocenters. The van der Waals surface area contributed by atoms with Crippen LogP contribution >= 0.6 is 0 Å². The second kappa shape index (κ2) is 6.69. The van der Waals surface area contributed by atoms with Crippen molar-refractivity contribution < 1.29 is 14.3 Å². The van der Waals surface area contributed by atoms with E-state index in [0.717, 1.165) is 16.9 Å². The number of rotatable bonds is 4. The van der Waals surface area contributed by atoms with Gasteiger partial charge in [0.05, 0.1) is 5.56 Å². The lowest BCUT2D eigenvalue weighted by Gasteiger charge is -2.27. The van der Waals surface area contributed by atoms with Crippen LogP contribution in [0.3, 0.4) is 0 Å². The second-order valence-corrected chi connectivity index (χ2v) is 5.81. The van der Waals surface area contributed by atoms with Crippen LogP contribution in [-0.4, -0.2) is 5.91 Å². The van der Waals surface area contributed by atoms with Crippen LogP contribution in [0, 0.1) is 0 Å². The number of nitrogens with one attached hydrogen (secondary N) is 1. The molecule has 3 aromatic rings. The average Bonchev–Trinajstić information content (AvgIpc) is 2.67. The number of carbonyl (C=O) groups is 1. The van der Waals surface area contributed by atoms with Crippen LogP contribution in [-0.2, 0) is 6.61 Å². The van der Waals surface area contributed by atoms with Gasteiger partial charge in [-0.1, -0.05) is 54.6 Å². The molecule has 4 heteroatoms. The SMILES string of the molecule is O=C1NC(c2cccc(OCc3ccccc3)c2)Oc2ccccc21. The quantitative estimate of drug-likeness (QED) is 0.783. The zero-order chi connectivity index (χ0) is 17.1. The summed E-state index contributed by atoms with van der Waals surface area (Å²) in [6.45, 7) is 0.491. The Morgan fingerprint density at radius 1 is 0.920 bits per heavy atom. The highest BCUT2D eigenvalue weighted by atomic mass is 16.5. The van der Waals surface area contributed by atoms with Crippen molar-refractivity contribution in [1.82, 2.24) is 5.32 Å². The summed E-state index contributed by atoms with van der Waals surface area (Å²) in [6, 6.07) is 24.8. The summed E-state index contributed by atoms with van der Waals surface area (Å²) in [5, 5.41) is 2.87. The Balaban J connectivity index is 1.51. The normalized spacial score (nSPS) is 15.7. The molecule has 0 radical (unpaired) electrons. The van der Waals surface area contributed by atoms with E-state index in [9.17, 15) is 4.79 Å². The zero-order valence-corrected chi connectivity index (χ0v) is 13.5. The lowest BCUT2D eigenvalue weighted by molar-refractivity contribution is 0.0755. The molecule has 0 spiro atoms. The minimum atomic E-state index is -0.525. The molecule has 1 amide bonds. The fourth-order valence-electron chi connectivity index (χ4n) is 2.77. The first-order chi connectivity index (χ1) is 12.3. The third-order valence-electron chi connectivity index (χ3n) is 4.05. The molecular weight excluding hydrogens is 314 g/mol. The number of hydrogen-bond acceptors (Lipinski definition) is 3. The second-order valence-electron chi connectivity index (χ2n) is 5.81. The molecular formula is C21H17NO3. The lowest BCUT2D eigenvalue weighted by Crippen LogP contribution is -2.36. The number of hydrogen-bond donors (Lipinski definition) is 1. The van der Waals surface area contributed by atoms with E-state index >= 15 is 0 Å². The Labute approximate surface area is 146 Å². The molecule has 1 N–H and O–H groups in total. The number of amides is 1. The molecule has 0 fully saturated rings. The molecule has 25 heavy (non-hydrogen) atoms. The molecule has 0 saturated heterocycles. The number of ether oxygens (including phenoxy) is 2. The highest BCUT2D eigenvalue weighted by Crippen LogP contribution is 2.30. The summed E-state index contributed by atoms with van der Waals surface area (Å²) < 4.78 is 11.8. The smallest absolute Gasteiger partial charge is 0.258 e. The van der Waals surface area contributed by atoms with Gasteiger partial charge in [0.2, 0.25) is 0 Å². The van der Waals surface area contributed by atoms with E-state index in [1.807, 2.05) is 66.7 Å². The van der Waals surface area contributed by atoms with Gasteiger partial charge in [0.25, 0.3) is 5.91 Å². The van der Waals surface area contributed by atoms with Crippen LogP contribution < -0.4 is 14.8 Å². The van der Waals surface area contributed by atoms with E-state index in [4.69, 9.17) is 9.47 Å². The Morgan fingerprint density at radius 3 is 2.60 bits per heavy atom. The molecule has 0 aliphatic carbocycles. The topological polar surface area (TPSA) is 47.6 Å². The summed E-state index contributed by atoms with van der Waals surface area (Å²) >= 11 is 0. The predicted molar refractivity (Wildman–Crippen MR) is 94.5 cm³/mol. The Kier molecular flexibility index (Phi) is 4.09. The molecule has 1 unspecified atom stereocenters.